The Morgan fingerprint density at radius 3 is 2.24 bits per heavy atom. The number of halogens is 2. The zero-order chi connectivity index (χ0) is 26.3. The summed E-state index contributed by atoms with van der Waals surface area (Å²) in [7, 11) is 0. The van der Waals surface area contributed by atoms with Crippen LogP contribution in [-0.2, 0) is 6.54 Å². The molecule has 8 heteroatoms. The molecule has 0 aliphatic carbocycles. The molecule has 0 radical (unpaired) electrons. The van der Waals surface area contributed by atoms with Crippen molar-refractivity contribution in [3.05, 3.63) is 65.0 Å². The van der Waals surface area contributed by atoms with Gasteiger partial charge in [0.2, 0.25) is 0 Å². The van der Waals surface area contributed by atoms with Crippen molar-refractivity contribution in [3.8, 4) is 5.75 Å². The van der Waals surface area contributed by atoms with E-state index in [0.717, 1.165) is 30.8 Å². The quantitative estimate of drug-likeness (QED) is 0.186. The van der Waals surface area contributed by atoms with E-state index in [4.69, 9.17) is 4.74 Å². The fourth-order valence-corrected chi connectivity index (χ4v) is 5.11. The summed E-state index contributed by atoms with van der Waals surface area (Å²) in [6.45, 7) is 5.64. The summed E-state index contributed by atoms with van der Waals surface area (Å²) >= 11 is 1.82. The molecule has 210 valence electrons. The minimum Gasteiger partial charge on any atom is -0.491 e. The molecule has 0 fully saturated rings. The van der Waals surface area contributed by atoms with E-state index in [-0.39, 0.29) is 22.7 Å². The van der Waals surface area contributed by atoms with Crippen LogP contribution in [0.5, 0.6) is 5.75 Å². The molecular formula is C30H43BrFN3O2S. The maximum Gasteiger partial charge on any atom is 0.323 e. The van der Waals surface area contributed by atoms with E-state index in [1.807, 2.05) is 36.0 Å². The van der Waals surface area contributed by atoms with Gasteiger partial charge in [-0.15, -0.1) is 28.7 Å². The minimum absolute atomic E-state index is 0. The van der Waals surface area contributed by atoms with Crippen LogP contribution in [0.3, 0.4) is 0 Å². The van der Waals surface area contributed by atoms with Crippen LogP contribution < -0.4 is 15.4 Å². The van der Waals surface area contributed by atoms with Crippen molar-refractivity contribution in [2.75, 3.05) is 23.1 Å². The van der Waals surface area contributed by atoms with Gasteiger partial charge < -0.3 is 20.3 Å². The molecule has 3 rings (SSSR count). The second-order valence-corrected chi connectivity index (χ2v) is 10.9. The summed E-state index contributed by atoms with van der Waals surface area (Å²) < 4.78 is 20.1. The molecule has 2 aromatic carbocycles. The number of thioether (sulfide) groups is 1. The molecule has 0 atom stereocenters. The third-order valence-electron chi connectivity index (χ3n) is 6.34. The van der Waals surface area contributed by atoms with Gasteiger partial charge in [0, 0.05) is 30.2 Å². The van der Waals surface area contributed by atoms with Crippen LogP contribution in [0.25, 0.3) is 0 Å². The number of anilines is 2. The van der Waals surface area contributed by atoms with Crippen LogP contribution in [-0.4, -0.2) is 23.4 Å². The standard InChI is InChI=1S/C30H42FN3O2S.BrH/c1-3-4-5-6-7-8-9-10-11-12-18-36-29-17-16-27(20-28(29)31)33-30(35)32-26-15-13-14-25(19-26)22-34-21-24(2)37-23-34;/h13-17,19-21H,3-12,18,22-23H2,1-2H3,(H2,32,33,35);1H. The number of benzene rings is 2. The fourth-order valence-electron chi connectivity index (χ4n) is 4.35. The average molecular weight is 609 g/mol. The molecule has 0 saturated heterocycles. The summed E-state index contributed by atoms with van der Waals surface area (Å²) in [6.07, 6.45) is 14.6. The zero-order valence-corrected chi connectivity index (χ0v) is 25.3. The van der Waals surface area contributed by atoms with Crippen molar-refractivity contribution in [1.29, 1.82) is 0 Å². The van der Waals surface area contributed by atoms with Gasteiger partial charge in [0.15, 0.2) is 11.6 Å². The number of allylic oxidation sites excluding steroid dienone is 1. The molecule has 2 N–H and O–H groups in total. The highest BCUT2D eigenvalue weighted by Crippen LogP contribution is 2.26. The Bertz CT molecular complexity index is 1020. The molecule has 5 nitrogen and oxygen atoms in total. The molecule has 0 saturated carbocycles. The first-order valence-corrected chi connectivity index (χ1v) is 14.7. The summed E-state index contributed by atoms with van der Waals surface area (Å²) in [5.74, 6) is 0.687. The normalized spacial score (nSPS) is 12.6. The second-order valence-electron chi connectivity index (χ2n) is 9.72. The third kappa shape index (κ3) is 12.1. The van der Waals surface area contributed by atoms with Crippen molar-refractivity contribution in [3.63, 3.8) is 0 Å². The highest BCUT2D eigenvalue weighted by atomic mass is 79.9. The highest BCUT2D eigenvalue weighted by Gasteiger charge is 2.11. The van der Waals surface area contributed by atoms with Gasteiger partial charge in [0.1, 0.15) is 0 Å². The van der Waals surface area contributed by atoms with Gasteiger partial charge in [0.05, 0.1) is 12.5 Å². The van der Waals surface area contributed by atoms with Crippen LogP contribution in [0, 0.1) is 5.82 Å². The predicted molar refractivity (Wildman–Crippen MR) is 165 cm³/mol. The lowest BCUT2D eigenvalue weighted by Crippen LogP contribution is -2.20. The molecule has 1 aliphatic rings. The van der Waals surface area contributed by atoms with E-state index < -0.39 is 11.8 Å². The number of carbonyl (C=O) groups excluding carboxylic acids is 1. The van der Waals surface area contributed by atoms with E-state index in [2.05, 4.69) is 35.6 Å². The maximum atomic E-state index is 14.5. The Hall–Kier alpha value is -2.19. The van der Waals surface area contributed by atoms with Crippen LogP contribution >= 0.6 is 28.7 Å². The first-order chi connectivity index (χ1) is 18.0. The number of amides is 2. The number of ether oxygens (including phenoxy) is 1. The lowest BCUT2D eigenvalue weighted by Gasteiger charge is -2.15. The second kappa shape index (κ2) is 18.2. The topological polar surface area (TPSA) is 53.6 Å². The third-order valence-corrected chi connectivity index (χ3v) is 7.36. The molecule has 0 bridgehead atoms. The number of urea groups is 1. The summed E-state index contributed by atoms with van der Waals surface area (Å²) in [6, 6.07) is 11.9. The van der Waals surface area contributed by atoms with Crippen molar-refractivity contribution in [1.82, 2.24) is 4.90 Å². The molecular weight excluding hydrogens is 565 g/mol. The van der Waals surface area contributed by atoms with Gasteiger partial charge in [-0.05, 0) is 48.1 Å². The molecule has 38 heavy (non-hydrogen) atoms. The number of carbonyl (C=O) groups is 1. The Labute approximate surface area is 242 Å². The Morgan fingerprint density at radius 2 is 1.61 bits per heavy atom. The van der Waals surface area contributed by atoms with Gasteiger partial charge in [-0.25, -0.2) is 9.18 Å². The maximum absolute atomic E-state index is 14.5. The SMILES string of the molecule is Br.CCCCCCCCCCCCOc1ccc(NC(=O)Nc2cccc(CN3C=C(C)SC3)c2)cc1F. The molecule has 1 aliphatic heterocycles. The highest BCUT2D eigenvalue weighted by molar-refractivity contribution is 8.93. The van der Waals surface area contributed by atoms with Crippen molar-refractivity contribution in [2.45, 2.75) is 84.6 Å². The summed E-state index contributed by atoms with van der Waals surface area (Å²) in [5, 5.41) is 5.53. The molecule has 2 amide bonds. The van der Waals surface area contributed by atoms with Gasteiger partial charge in [-0.3, -0.25) is 0 Å². The van der Waals surface area contributed by atoms with E-state index >= 15 is 0 Å². The van der Waals surface area contributed by atoms with Crippen LogP contribution in [0.4, 0.5) is 20.6 Å². The number of rotatable bonds is 16. The van der Waals surface area contributed by atoms with Crippen LogP contribution in [0.2, 0.25) is 0 Å². The van der Waals surface area contributed by atoms with E-state index in [9.17, 15) is 9.18 Å². The number of nitrogens with one attached hydrogen (secondary N) is 2. The van der Waals surface area contributed by atoms with Crippen LogP contribution in [0.15, 0.2) is 53.6 Å². The van der Waals surface area contributed by atoms with Crippen molar-refractivity contribution in [2.24, 2.45) is 0 Å². The molecule has 0 unspecified atom stereocenters. The number of nitrogens with zero attached hydrogens (tertiary/aromatic N) is 1. The average Bonchev–Trinajstić information content (AvgIpc) is 3.28. The Kier molecular flexibility index (Phi) is 15.3. The van der Waals surface area contributed by atoms with E-state index in [1.54, 1.807) is 12.1 Å². The number of hydrogen-bond acceptors (Lipinski definition) is 4. The lowest BCUT2D eigenvalue weighted by molar-refractivity contribution is 0.262. The summed E-state index contributed by atoms with van der Waals surface area (Å²) in [4.78, 5) is 16.0. The first kappa shape index (κ1) is 32.0. The van der Waals surface area contributed by atoms with Crippen molar-refractivity contribution < 1.29 is 13.9 Å². The summed E-state index contributed by atoms with van der Waals surface area (Å²) in [5.41, 5.74) is 2.19. The Morgan fingerprint density at radius 1 is 0.947 bits per heavy atom. The smallest absolute Gasteiger partial charge is 0.323 e. The largest absolute Gasteiger partial charge is 0.491 e. The van der Waals surface area contributed by atoms with Gasteiger partial charge in [0.25, 0.3) is 0 Å². The molecule has 1 heterocycles. The first-order valence-electron chi connectivity index (χ1n) is 13.7. The molecule has 0 spiro atoms. The fraction of sp³-hybridized carbons (Fsp3) is 0.500. The predicted octanol–water partition coefficient (Wildman–Crippen LogP) is 9.71. The molecule has 0 aromatic heterocycles. The monoisotopic (exact) mass is 607 g/mol. The van der Waals surface area contributed by atoms with Crippen molar-refractivity contribution >= 4 is 46.1 Å². The van der Waals surface area contributed by atoms with Crippen LogP contribution in [0.1, 0.15) is 83.6 Å². The van der Waals surface area contributed by atoms with Gasteiger partial charge in [-0.1, -0.05) is 76.8 Å². The number of hydrogen-bond donors (Lipinski definition) is 2. The van der Waals surface area contributed by atoms with E-state index in [1.165, 1.54) is 62.3 Å². The number of unbranched alkanes of at least 4 members (excludes halogenated alkanes) is 9. The zero-order valence-electron chi connectivity index (χ0n) is 22.8. The Balaban J connectivity index is 0.00000507. The van der Waals surface area contributed by atoms with Gasteiger partial charge >= 0.3 is 6.03 Å². The minimum atomic E-state index is -0.473. The molecule has 2 aromatic rings. The van der Waals surface area contributed by atoms with Gasteiger partial charge in [-0.2, -0.15) is 0 Å². The lowest BCUT2D eigenvalue weighted by atomic mass is 10.1. The van der Waals surface area contributed by atoms with E-state index in [0.29, 0.717) is 18.0 Å².